The molecule has 1 heterocycles. The predicted octanol–water partition coefficient (Wildman–Crippen LogP) is 2.77. The quantitative estimate of drug-likeness (QED) is 0.744. The van der Waals surface area contributed by atoms with E-state index >= 15 is 0 Å². The molecule has 1 aliphatic rings. The first kappa shape index (κ1) is 23.9. The number of nitrogens with two attached hydrogens (primary N) is 1. The molecule has 3 N–H and O–H groups in total. The number of piperidine rings is 1. The van der Waals surface area contributed by atoms with Crippen molar-refractivity contribution in [3.63, 3.8) is 0 Å². The molecule has 0 bridgehead atoms. The Morgan fingerprint density at radius 1 is 1.30 bits per heavy atom. The van der Waals surface area contributed by atoms with E-state index in [0.29, 0.717) is 18.7 Å². The number of rotatable bonds is 6. The van der Waals surface area contributed by atoms with Gasteiger partial charge in [0.1, 0.15) is 0 Å². The summed E-state index contributed by atoms with van der Waals surface area (Å²) in [7, 11) is -3.53. The normalized spacial score (nSPS) is 20.6. The third kappa shape index (κ3) is 5.22. The van der Waals surface area contributed by atoms with Gasteiger partial charge in [0.05, 0.1) is 10.4 Å². The van der Waals surface area contributed by atoms with Crippen molar-refractivity contribution in [1.82, 2.24) is 9.62 Å². The van der Waals surface area contributed by atoms with E-state index in [4.69, 9.17) is 5.73 Å². The number of nitrogens with one attached hydrogen (secondary N) is 1. The number of benzene rings is 1. The molecule has 2 atom stereocenters. The summed E-state index contributed by atoms with van der Waals surface area (Å²) in [4.78, 5) is 12.7. The Labute approximate surface area is 169 Å². The van der Waals surface area contributed by atoms with E-state index in [2.05, 4.69) is 5.32 Å². The molecule has 0 spiro atoms. The Hall–Kier alpha value is -1.15. The fraction of sp³-hybridized carbons (Fsp3) is 0.632. The van der Waals surface area contributed by atoms with E-state index in [-0.39, 0.29) is 35.2 Å². The first-order valence-electron chi connectivity index (χ1n) is 9.26. The Morgan fingerprint density at radius 2 is 1.89 bits per heavy atom. The highest BCUT2D eigenvalue weighted by molar-refractivity contribution is 7.89. The van der Waals surface area contributed by atoms with Gasteiger partial charge in [0.2, 0.25) is 10.0 Å². The van der Waals surface area contributed by atoms with Gasteiger partial charge in [-0.2, -0.15) is 4.31 Å². The van der Waals surface area contributed by atoms with Crippen LogP contribution in [0, 0.1) is 5.92 Å². The Morgan fingerprint density at radius 3 is 2.37 bits per heavy atom. The van der Waals surface area contributed by atoms with Crippen LogP contribution in [-0.2, 0) is 10.0 Å². The predicted molar refractivity (Wildman–Crippen MR) is 111 cm³/mol. The smallest absolute Gasteiger partial charge is 0.251 e. The van der Waals surface area contributed by atoms with E-state index in [9.17, 15) is 13.2 Å². The van der Waals surface area contributed by atoms with Gasteiger partial charge in [-0.3, -0.25) is 4.79 Å². The highest BCUT2D eigenvalue weighted by atomic mass is 35.5. The average molecular weight is 418 g/mol. The Balaban J connectivity index is 0.00000364. The van der Waals surface area contributed by atoms with Gasteiger partial charge in [-0.05, 0) is 56.9 Å². The summed E-state index contributed by atoms with van der Waals surface area (Å²) in [6.07, 6.45) is 2.82. The van der Waals surface area contributed by atoms with Gasteiger partial charge in [-0.15, -0.1) is 12.4 Å². The van der Waals surface area contributed by atoms with E-state index in [1.54, 1.807) is 16.4 Å². The summed E-state index contributed by atoms with van der Waals surface area (Å²) >= 11 is 0. The molecule has 1 amide bonds. The molecule has 6 nitrogen and oxygen atoms in total. The van der Waals surface area contributed by atoms with Crippen LogP contribution in [0.5, 0.6) is 0 Å². The molecule has 0 aromatic heterocycles. The number of halogens is 1. The molecular formula is C19H32ClN3O3S. The third-order valence-electron chi connectivity index (χ3n) is 5.56. The minimum atomic E-state index is -3.53. The highest BCUT2D eigenvalue weighted by Gasteiger charge is 2.32. The van der Waals surface area contributed by atoms with Crippen molar-refractivity contribution in [1.29, 1.82) is 0 Å². The lowest BCUT2D eigenvalue weighted by Gasteiger charge is -2.33. The number of carbonyl (C=O) groups is 1. The van der Waals surface area contributed by atoms with Crippen molar-refractivity contribution >= 4 is 28.3 Å². The molecule has 27 heavy (non-hydrogen) atoms. The number of hydrogen-bond acceptors (Lipinski definition) is 4. The molecule has 2 unspecified atom stereocenters. The zero-order chi connectivity index (χ0) is 19.5. The molecule has 0 aliphatic carbocycles. The van der Waals surface area contributed by atoms with Gasteiger partial charge in [0, 0.05) is 24.7 Å². The minimum Gasteiger partial charge on any atom is -0.345 e. The van der Waals surface area contributed by atoms with Crippen LogP contribution >= 0.6 is 12.4 Å². The van der Waals surface area contributed by atoms with Gasteiger partial charge < -0.3 is 11.1 Å². The van der Waals surface area contributed by atoms with Gasteiger partial charge in [0.15, 0.2) is 0 Å². The zero-order valence-corrected chi connectivity index (χ0v) is 18.2. The molecule has 8 heteroatoms. The van der Waals surface area contributed by atoms with Gasteiger partial charge >= 0.3 is 0 Å². The number of hydrogen-bond donors (Lipinski definition) is 2. The van der Waals surface area contributed by atoms with Crippen LogP contribution in [0.4, 0.5) is 0 Å². The summed E-state index contributed by atoms with van der Waals surface area (Å²) < 4.78 is 27.3. The van der Waals surface area contributed by atoms with Crippen molar-refractivity contribution in [2.45, 2.75) is 63.4 Å². The molecule has 1 saturated heterocycles. The molecule has 0 radical (unpaired) electrons. The monoisotopic (exact) mass is 417 g/mol. The van der Waals surface area contributed by atoms with Gasteiger partial charge in [0.25, 0.3) is 5.91 Å². The molecule has 1 aromatic carbocycles. The topological polar surface area (TPSA) is 92.5 Å². The summed E-state index contributed by atoms with van der Waals surface area (Å²) in [6.45, 7) is 8.74. The van der Waals surface area contributed by atoms with E-state index in [1.165, 1.54) is 12.1 Å². The van der Waals surface area contributed by atoms with E-state index in [0.717, 1.165) is 19.3 Å². The van der Waals surface area contributed by atoms with Crippen LogP contribution in [-0.4, -0.2) is 43.3 Å². The number of amides is 1. The molecule has 154 valence electrons. The van der Waals surface area contributed by atoms with Crippen LogP contribution in [0.3, 0.4) is 0 Å². The maximum Gasteiger partial charge on any atom is 0.251 e. The van der Waals surface area contributed by atoms with Crippen molar-refractivity contribution in [3.05, 3.63) is 29.8 Å². The first-order valence-corrected chi connectivity index (χ1v) is 10.7. The second kappa shape index (κ2) is 9.37. The minimum absolute atomic E-state index is 0. The molecule has 1 aromatic rings. The summed E-state index contributed by atoms with van der Waals surface area (Å²) in [5, 5.41) is 2.96. The van der Waals surface area contributed by atoms with Gasteiger partial charge in [-0.25, -0.2) is 8.42 Å². The van der Waals surface area contributed by atoms with Crippen molar-refractivity contribution in [2.24, 2.45) is 11.7 Å². The van der Waals surface area contributed by atoms with Crippen molar-refractivity contribution in [2.75, 3.05) is 13.1 Å². The molecule has 1 fully saturated rings. The molecule has 1 aliphatic heterocycles. The fourth-order valence-electron chi connectivity index (χ4n) is 3.11. The summed E-state index contributed by atoms with van der Waals surface area (Å²) in [5.74, 6) is -0.0707. The highest BCUT2D eigenvalue weighted by Crippen LogP contribution is 2.25. The lowest BCUT2D eigenvalue weighted by Crippen LogP contribution is -2.55. The van der Waals surface area contributed by atoms with Crippen LogP contribution in [0.25, 0.3) is 0 Å². The largest absolute Gasteiger partial charge is 0.345 e. The Bertz CT molecular complexity index is 737. The molecule has 2 rings (SSSR count). The van der Waals surface area contributed by atoms with Gasteiger partial charge in [-0.1, -0.05) is 20.3 Å². The fourth-order valence-corrected chi connectivity index (χ4v) is 4.80. The number of carbonyl (C=O) groups excluding carboxylic acids is 1. The lowest BCUT2D eigenvalue weighted by molar-refractivity contribution is 0.0883. The summed E-state index contributed by atoms with van der Waals surface area (Å²) in [5.41, 5.74) is 5.73. The second-order valence-electron chi connectivity index (χ2n) is 7.72. The maximum absolute atomic E-state index is 12.9. The average Bonchev–Trinajstić information content (AvgIpc) is 2.61. The number of sulfonamides is 1. The maximum atomic E-state index is 12.9. The molecular weight excluding hydrogens is 386 g/mol. The van der Waals surface area contributed by atoms with E-state index in [1.807, 2.05) is 27.7 Å². The SMILES string of the molecule is CC1CCCCN1S(=O)(=O)c1ccc(C(=O)NC(C)(CN)C(C)C)cc1.Cl. The third-order valence-corrected chi connectivity index (χ3v) is 7.59. The van der Waals surface area contributed by atoms with Crippen molar-refractivity contribution < 1.29 is 13.2 Å². The lowest BCUT2D eigenvalue weighted by atomic mass is 9.88. The van der Waals surface area contributed by atoms with Crippen molar-refractivity contribution in [3.8, 4) is 0 Å². The van der Waals surface area contributed by atoms with E-state index < -0.39 is 15.6 Å². The molecule has 0 saturated carbocycles. The Kier molecular flexibility index (Phi) is 8.29. The van der Waals surface area contributed by atoms with Crippen LogP contribution in [0.15, 0.2) is 29.2 Å². The number of nitrogens with zero attached hydrogens (tertiary/aromatic N) is 1. The zero-order valence-electron chi connectivity index (χ0n) is 16.6. The van der Waals surface area contributed by atoms with Crippen LogP contribution in [0.2, 0.25) is 0 Å². The standard InChI is InChI=1S/C19H31N3O3S.ClH/c1-14(2)19(4,13-20)21-18(23)16-8-10-17(11-9-16)26(24,25)22-12-6-5-7-15(22)3;/h8-11,14-15H,5-7,12-13,20H2,1-4H3,(H,21,23);1H. The second-order valence-corrected chi connectivity index (χ2v) is 9.61. The first-order chi connectivity index (χ1) is 12.1. The summed E-state index contributed by atoms with van der Waals surface area (Å²) in [6, 6.07) is 6.16. The van der Waals surface area contributed by atoms with Crippen LogP contribution < -0.4 is 11.1 Å². The van der Waals surface area contributed by atoms with Crippen LogP contribution in [0.1, 0.15) is 57.3 Å².